The van der Waals surface area contributed by atoms with Crippen molar-refractivity contribution in [3.05, 3.63) is 94.0 Å². The molecule has 0 saturated carbocycles. The molecule has 4 rings (SSSR count). The fraction of sp³-hybridized carbons (Fsp3) is 0.115. The highest BCUT2D eigenvalue weighted by atomic mass is 16.5. The number of hydrogen-bond acceptors (Lipinski definition) is 6. The zero-order valence-electron chi connectivity index (χ0n) is 19.0. The van der Waals surface area contributed by atoms with Crippen LogP contribution in [0.5, 0.6) is 0 Å². The summed E-state index contributed by atoms with van der Waals surface area (Å²) in [6.45, 7) is 3.09. The van der Waals surface area contributed by atoms with Gasteiger partial charge in [0.25, 0.3) is 17.7 Å². The van der Waals surface area contributed by atoms with E-state index in [1.807, 2.05) is 19.1 Å². The maximum Gasteiger partial charge on any atom is 0.338 e. The number of imide groups is 1. The van der Waals surface area contributed by atoms with Crippen LogP contribution >= 0.6 is 0 Å². The Morgan fingerprint density at radius 2 is 1.51 bits per heavy atom. The summed E-state index contributed by atoms with van der Waals surface area (Å²) in [5.74, 6) is -3.02. The molecule has 1 aliphatic rings. The van der Waals surface area contributed by atoms with Gasteiger partial charge in [-0.2, -0.15) is 0 Å². The summed E-state index contributed by atoms with van der Waals surface area (Å²) in [4.78, 5) is 62.8. The van der Waals surface area contributed by atoms with Crippen LogP contribution in [0.15, 0.2) is 60.7 Å². The Labute approximate surface area is 200 Å². The van der Waals surface area contributed by atoms with E-state index in [1.165, 1.54) is 42.5 Å². The highest BCUT2D eigenvalue weighted by molar-refractivity contribution is 6.35. The summed E-state index contributed by atoms with van der Waals surface area (Å²) < 4.78 is 5.06. The molecule has 0 unspecified atom stereocenters. The minimum absolute atomic E-state index is 0.0336. The predicted octanol–water partition coefficient (Wildman–Crippen LogP) is 3.00. The molecule has 0 saturated heterocycles. The SMILES string of the molecule is Cc1ccc(C)c(N2C(=O)c3ccc(C(=O)OCC(=O)Nc4ccc(C(N)=O)cc4)cc3C2=O)c1. The van der Waals surface area contributed by atoms with E-state index in [0.717, 1.165) is 16.0 Å². The molecule has 0 spiro atoms. The van der Waals surface area contributed by atoms with Crippen molar-refractivity contribution in [3.8, 4) is 0 Å². The van der Waals surface area contributed by atoms with Gasteiger partial charge in [-0.3, -0.25) is 19.2 Å². The average Bonchev–Trinajstić information content (AvgIpc) is 3.08. The number of anilines is 2. The molecule has 9 heteroatoms. The smallest absolute Gasteiger partial charge is 0.338 e. The molecule has 0 fully saturated rings. The number of esters is 1. The van der Waals surface area contributed by atoms with Gasteiger partial charge >= 0.3 is 5.97 Å². The first-order valence-electron chi connectivity index (χ1n) is 10.6. The number of carbonyl (C=O) groups is 5. The first kappa shape index (κ1) is 23.4. The molecule has 0 atom stereocenters. The van der Waals surface area contributed by atoms with E-state index in [4.69, 9.17) is 10.5 Å². The quantitative estimate of drug-likeness (QED) is 0.419. The van der Waals surface area contributed by atoms with Crippen molar-refractivity contribution in [2.24, 2.45) is 5.73 Å². The molecule has 0 radical (unpaired) electrons. The van der Waals surface area contributed by atoms with Gasteiger partial charge in [-0.1, -0.05) is 12.1 Å². The van der Waals surface area contributed by atoms with Crippen LogP contribution in [0.2, 0.25) is 0 Å². The van der Waals surface area contributed by atoms with Gasteiger partial charge in [0.05, 0.1) is 22.4 Å². The van der Waals surface area contributed by atoms with Crippen molar-refractivity contribution in [3.63, 3.8) is 0 Å². The van der Waals surface area contributed by atoms with Crippen molar-refractivity contribution in [1.29, 1.82) is 0 Å². The highest BCUT2D eigenvalue weighted by Gasteiger charge is 2.38. The first-order chi connectivity index (χ1) is 16.7. The number of primary amides is 1. The first-order valence-corrected chi connectivity index (χ1v) is 10.6. The summed E-state index contributed by atoms with van der Waals surface area (Å²) in [7, 11) is 0. The molecule has 0 aromatic heterocycles. The largest absolute Gasteiger partial charge is 0.452 e. The monoisotopic (exact) mass is 471 g/mol. The normalized spacial score (nSPS) is 12.3. The van der Waals surface area contributed by atoms with Crippen molar-refractivity contribution in [1.82, 2.24) is 0 Å². The zero-order valence-corrected chi connectivity index (χ0v) is 19.0. The number of benzene rings is 3. The average molecular weight is 471 g/mol. The van der Waals surface area contributed by atoms with Crippen molar-refractivity contribution in [2.75, 3.05) is 16.8 Å². The lowest BCUT2D eigenvalue weighted by molar-refractivity contribution is -0.119. The van der Waals surface area contributed by atoms with Gasteiger partial charge in [-0.25, -0.2) is 9.69 Å². The van der Waals surface area contributed by atoms with Gasteiger partial charge in [0.1, 0.15) is 0 Å². The number of nitrogens with one attached hydrogen (secondary N) is 1. The number of carbonyl (C=O) groups excluding carboxylic acids is 5. The Kier molecular flexibility index (Phi) is 6.16. The number of rotatable bonds is 6. The summed E-state index contributed by atoms with van der Waals surface area (Å²) in [5, 5.41) is 2.53. The third kappa shape index (κ3) is 4.65. The Bertz CT molecular complexity index is 1390. The van der Waals surface area contributed by atoms with Crippen molar-refractivity contribution >= 4 is 41.0 Å². The van der Waals surface area contributed by atoms with Gasteiger partial charge in [-0.05, 0) is 73.5 Å². The van der Waals surface area contributed by atoms with Gasteiger partial charge in [0, 0.05) is 11.3 Å². The predicted molar refractivity (Wildman–Crippen MR) is 127 cm³/mol. The molecule has 3 aromatic rings. The summed E-state index contributed by atoms with van der Waals surface area (Å²) in [5.41, 5.74) is 8.31. The van der Waals surface area contributed by atoms with Gasteiger partial charge in [-0.15, -0.1) is 0 Å². The van der Waals surface area contributed by atoms with E-state index in [-0.39, 0.29) is 22.3 Å². The van der Waals surface area contributed by atoms with Crippen LogP contribution in [0.1, 0.15) is 52.6 Å². The lowest BCUT2D eigenvalue weighted by Gasteiger charge is -2.17. The van der Waals surface area contributed by atoms with Crippen LogP contribution < -0.4 is 16.0 Å². The van der Waals surface area contributed by atoms with E-state index < -0.39 is 36.2 Å². The Morgan fingerprint density at radius 1 is 0.857 bits per heavy atom. The second-order valence-electron chi connectivity index (χ2n) is 8.06. The second-order valence-corrected chi connectivity index (χ2v) is 8.06. The van der Waals surface area contributed by atoms with E-state index in [2.05, 4.69) is 5.32 Å². The minimum atomic E-state index is -0.822. The van der Waals surface area contributed by atoms with Crippen LogP contribution in [0, 0.1) is 13.8 Å². The number of fused-ring (bicyclic) bond motifs is 1. The molecule has 9 nitrogen and oxygen atoms in total. The number of hydrogen-bond donors (Lipinski definition) is 2. The van der Waals surface area contributed by atoms with E-state index in [9.17, 15) is 24.0 Å². The molecule has 176 valence electrons. The number of ether oxygens (including phenoxy) is 1. The van der Waals surface area contributed by atoms with Gasteiger partial charge < -0.3 is 15.8 Å². The van der Waals surface area contributed by atoms with Crippen molar-refractivity contribution < 1.29 is 28.7 Å². The molecule has 3 N–H and O–H groups in total. The molecular weight excluding hydrogens is 450 g/mol. The van der Waals surface area contributed by atoms with E-state index >= 15 is 0 Å². The van der Waals surface area contributed by atoms with Gasteiger partial charge in [0.2, 0.25) is 5.91 Å². The third-order valence-electron chi connectivity index (χ3n) is 5.52. The lowest BCUT2D eigenvalue weighted by atomic mass is 10.1. The fourth-order valence-electron chi connectivity index (χ4n) is 3.68. The Hall–Kier alpha value is -4.79. The third-order valence-corrected chi connectivity index (χ3v) is 5.52. The van der Waals surface area contributed by atoms with Crippen LogP contribution in [0.4, 0.5) is 11.4 Å². The lowest BCUT2D eigenvalue weighted by Crippen LogP contribution is -2.30. The van der Waals surface area contributed by atoms with Gasteiger partial charge in [0.15, 0.2) is 6.61 Å². The maximum absolute atomic E-state index is 13.0. The Morgan fingerprint density at radius 3 is 2.20 bits per heavy atom. The molecule has 4 amide bonds. The van der Waals surface area contributed by atoms with E-state index in [0.29, 0.717) is 11.4 Å². The molecule has 1 heterocycles. The fourth-order valence-corrected chi connectivity index (χ4v) is 3.68. The van der Waals surface area contributed by atoms with Crippen LogP contribution in [0.25, 0.3) is 0 Å². The molecular formula is C26H21N3O6. The Balaban J connectivity index is 1.44. The molecule has 0 bridgehead atoms. The summed E-state index contributed by atoms with van der Waals surface area (Å²) in [6.07, 6.45) is 0. The second kappa shape index (κ2) is 9.22. The topological polar surface area (TPSA) is 136 Å². The van der Waals surface area contributed by atoms with Crippen LogP contribution in [0.3, 0.4) is 0 Å². The number of nitrogens with zero attached hydrogens (tertiary/aromatic N) is 1. The summed E-state index contributed by atoms with van der Waals surface area (Å²) in [6, 6.07) is 15.4. The number of nitrogens with two attached hydrogens (primary N) is 1. The number of amides is 4. The highest BCUT2D eigenvalue weighted by Crippen LogP contribution is 2.31. The van der Waals surface area contributed by atoms with E-state index in [1.54, 1.807) is 13.0 Å². The molecule has 3 aromatic carbocycles. The molecule has 35 heavy (non-hydrogen) atoms. The standard InChI is InChI=1S/C26H21N3O6/c1-14-3-4-15(2)21(11-14)29-24(32)19-10-7-17(12-20(19)25(29)33)26(34)35-13-22(30)28-18-8-5-16(6-9-18)23(27)31/h3-12H,13H2,1-2H3,(H2,27,31)(H,28,30). The number of aryl methyl sites for hydroxylation is 2. The summed E-state index contributed by atoms with van der Waals surface area (Å²) >= 11 is 0. The van der Waals surface area contributed by atoms with Crippen LogP contribution in [-0.2, 0) is 9.53 Å². The zero-order chi connectivity index (χ0) is 25.3. The molecule has 1 aliphatic heterocycles. The minimum Gasteiger partial charge on any atom is -0.452 e. The van der Waals surface area contributed by atoms with Crippen LogP contribution in [-0.4, -0.2) is 36.2 Å². The maximum atomic E-state index is 13.0. The molecule has 0 aliphatic carbocycles. The van der Waals surface area contributed by atoms with Crippen molar-refractivity contribution in [2.45, 2.75) is 13.8 Å².